The summed E-state index contributed by atoms with van der Waals surface area (Å²) in [6, 6.07) is 15.6. The van der Waals surface area contributed by atoms with Crippen molar-refractivity contribution in [3.05, 3.63) is 71.8 Å². The number of hydrogen-bond acceptors (Lipinski definition) is 6. The lowest BCUT2D eigenvalue weighted by molar-refractivity contribution is -0.157. The van der Waals surface area contributed by atoms with Crippen molar-refractivity contribution in [2.75, 3.05) is 41.8 Å². The highest BCUT2D eigenvalue weighted by Gasteiger charge is 2.43. The average molecular weight is 735 g/mol. The lowest BCUT2D eigenvalue weighted by atomic mass is 9.93. The highest BCUT2D eigenvalue weighted by Crippen LogP contribution is 2.23. The van der Waals surface area contributed by atoms with E-state index in [9.17, 15) is 24.0 Å². The molecule has 0 heterocycles. The molecular weight excluding hydrogens is 668 g/mol. The van der Waals surface area contributed by atoms with E-state index in [0.29, 0.717) is 19.4 Å². The molecule has 0 unspecified atom stereocenters. The monoisotopic (exact) mass is 735 g/mol. The highest BCUT2D eigenvalue weighted by atomic mass is 16.2. The number of hydrogen-bond donors (Lipinski definition) is 2. The molecule has 0 saturated heterocycles. The average Bonchev–Trinajstić information content (AvgIpc) is 3.10. The van der Waals surface area contributed by atoms with E-state index in [1.807, 2.05) is 116 Å². The summed E-state index contributed by atoms with van der Waals surface area (Å²) in [7, 11) is 8.17. The molecule has 0 radical (unpaired) electrons. The maximum Gasteiger partial charge on any atom is 0.246 e. The highest BCUT2D eigenvalue weighted by molar-refractivity contribution is 5.96. The Hall–Kier alpha value is -4.25. The van der Waals surface area contributed by atoms with E-state index in [4.69, 9.17) is 0 Å². The van der Waals surface area contributed by atoms with Gasteiger partial charge in [-0.05, 0) is 54.7 Å². The molecule has 0 bridgehead atoms. The molecule has 2 N–H and O–H groups in total. The molecule has 5 atom stereocenters. The van der Waals surface area contributed by atoms with E-state index < -0.39 is 36.1 Å². The fourth-order valence-electron chi connectivity index (χ4n) is 7.28. The van der Waals surface area contributed by atoms with E-state index in [0.717, 1.165) is 11.1 Å². The summed E-state index contributed by atoms with van der Waals surface area (Å²) >= 11 is 0. The summed E-state index contributed by atoms with van der Waals surface area (Å²) in [5, 5.41) is 6.11. The van der Waals surface area contributed by atoms with Gasteiger partial charge in [-0.25, -0.2) is 0 Å². The summed E-state index contributed by atoms with van der Waals surface area (Å²) in [6.07, 6.45) is 1.12. The minimum atomic E-state index is -0.914. The van der Waals surface area contributed by atoms with Crippen LogP contribution in [-0.2, 0) is 36.8 Å². The van der Waals surface area contributed by atoms with Crippen LogP contribution in [0.25, 0.3) is 0 Å². The van der Waals surface area contributed by atoms with Crippen LogP contribution in [0.1, 0.15) is 66.5 Å². The van der Waals surface area contributed by atoms with Crippen LogP contribution in [0.5, 0.6) is 0 Å². The Morgan fingerprint density at radius 3 is 1.21 bits per heavy atom. The summed E-state index contributed by atoms with van der Waals surface area (Å²) in [4.78, 5) is 76.2. The largest absolute Gasteiger partial charge is 0.354 e. The second-order valence-electron chi connectivity index (χ2n) is 15.6. The maximum atomic E-state index is 14.5. The van der Waals surface area contributed by atoms with Crippen LogP contribution >= 0.6 is 0 Å². The second kappa shape index (κ2) is 20.8. The molecule has 11 nitrogen and oxygen atoms in total. The van der Waals surface area contributed by atoms with Gasteiger partial charge >= 0.3 is 0 Å². The Balaban J connectivity index is 2.31. The number of benzene rings is 2. The zero-order valence-corrected chi connectivity index (χ0v) is 34.4. The normalized spacial score (nSPS) is 14.4. The number of nitrogens with zero attached hydrogens (tertiary/aromatic N) is 4. The molecule has 294 valence electrons. The van der Waals surface area contributed by atoms with Crippen molar-refractivity contribution >= 4 is 29.5 Å². The minimum Gasteiger partial charge on any atom is -0.354 e. The van der Waals surface area contributed by atoms with Gasteiger partial charge in [-0.3, -0.25) is 24.0 Å². The van der Waals surface area contributed by atoms with Gasteiger partial charge in [-0.1, -0.05) is 116 Å². The molecule has 0 aliphatic heterocycles. The molecule has 53 heavy (non-hydrogen) atoms. The molecule has 5 amide bonds. The Morgan fingerprint density at radius 1 is 0.509 bits per heavy atom. The summed E-state index contributed by atoms with van der Waals surface area (Å²) < 4.78 is 0. The summed E-state index contributed by atoms with van der Waals surface area (Å²) in [5.74, 6) is -2.63. The topological polar surface area (TPSA) is 122 Å². The number of nitrogens with one attached hydrogen (secondary N) is 2. The first-order valence-corrected chi connectivity index (χ1v) is 19.0. The van der Waals surface area contributed by atoms with E-state index in [1.165, 1.54) is 19.6 Å². The van der Waals surface area contributed by atoms with Crippen molar-refractivity contribution < 1.29 is 24.0 Å². The Kier molecular flexibility index (Phi) is 17.7. The van der Waals surface area contributed by atoms with Crippen molar-refractivity contribution in [2.45, 2.75) is 98.4 Å². The van der Waals surface area contributed by atoms with Gasteiger partial charge in [0.05, 0.1) is 6.04 Å². The Labute approximate surface area is 318 Å². The van der Waals surface area contributed by atoms with Crippen molar-refractivity contribution in [1.29, 1.82) is 0 Å². The maximum absolute atomic E-state index is 14.5. The van der Waals surface area contributed by atoms with Gasteiger partial charge in [-0.2, -0.15) is 0 Å². The fourth-order valence-corrected chi connectivity index (χ4v) is 7.28. The quantitative estimate of drug-likeness (QED) is 0.224. The molecule has 2 aromatic carbocycles. The molecule has 0 fully saturated rings. The first-order chi connectivity index (χ1) is 24.9. The number of carbonyl (C=O) groups excluding carboxylic acids is 5. The van der Waals surface area contributed by atoms with E-state index >= 15 is 0 Å². The van der Waals surface area contributed by atoms with E-state index in [2.05, 4.69) is 10.6 Å². The summed E-state index contributed by atoms with van der Waals surface area (Å²) in [6.45, 7) is 15.5. The molecule has 0 aliphatic carbocycles. The summed E-state index contributed by atoms with van der Waals surface area (Å²) in [5.41, 5.74) is 2.10. The predicted molar refractivity (Wildman–Crippen MR) is 212 cm³/mol. The van der Waals surface area contributed by atoms with Gasteiger partial charge in [-0.15, -0.1) is 0 Å². The van der Waals surface area contributed by atoms with Crippen molar-refractivity contribution in [3.63, 3.8) is 0 Å². The fraction of sp³-hybridized carbons (Fsp3) is 0.595. The molecule has 0 spiro atoms. The third kappa shape index (κ3) is 11.9. The lowest BCUT2D eigenvalue weighted by Crippen LogP contribution is -2.62. The SMILES string of the molecule is CN[C@@H](Cc1ccccc1)C(=O)N(C)[C@H](C(=O)N(C)[C@H](C(=O)N(C)[C@H](C(=O)N(C)[C@H](C(=O)NCCc1ccccc1)C(C)C)C(C)C)C(C)C)C(C)C. The van der Waals surface area contributed by atoms with Crippen LogP contribution in [0, 0.1) is 23.7 Å². The zero-order chi connectivity index (χ0) is 40.2. The van der Waals surface area contributed by atoms with Gasteiger partial charge in [0.25, 0.3) is 0 Å². The number of amides is 5. The van der Waals surface area contributed by atoms with Gasteiger partial charge in [0.2, 0.25) is 29.5 Å². The third-order valence-corrected chi connectivity index (χ3v) is 10.1. The van der Waals surface area contributed by atoms with Crippen LogP contribution in [0.15, 0.2) is 60.7 Å². The molecule has 2 rings (SSSR count). The van der Waals surface area contributed by atoms with Crippen LogP contribution in [0.3, 0.4) is 0 Å². The number of carbonyl (C=O) groups is 5. The van der Waals surface area contributed by atoms with E-state index in [1.54, 1.807) is 35.2 Å². The van der Waals surface area contributed by atoms with Crippen molar-refractivity contribution in [2.24, 2.45) is 23.7 Å². The Morgan fingerprint density at radius 2 is 0.849 bits per heavy atom. The zero-order valence-electron chi connectivity index (χ0n) is 34.4. The van der Waals surface area contributed by atoms with Gasteiger partial charge < -0.3 is 30.2 Å². The molecule has 2 aromatic rings. The molecule has 11 heteroatoms. The number of likely N-dealkylation sites (N-methyl/N-ethyl adjacent to an activating group) is 5. The van der Waals surface area contributed by atoms with Crippen LogP contribution in [-0.4, -0.2) is 121 Å². The molecule has 0 saturated carbocycles. The number of rotatable bonds is 19. The van der Waals surface area contributed by atoms with Crippen LogP contribution in [0.4, 0.5) is 0 Å². The minimum absolute atomic E-state index is 0.190. The Bertz CT molecular complexity index is 1480. The molecule has 0 aromatic heterocycles. The van der Waals surface area contributed by atoms with E-state index in [-0.39, 0.29) is 47.3 Å². The predicted octanol–water partition coefficient (Wildman–Crippen LogP) is 4.11. The molecule has 0 aliphatic rings. The molecular formula is C42H66N6O5. The second-order valence-corrected chi connectivity index (χ2v) is 15.6. The van der Waals surface area contributed by atoms with Gasteiger partial charge in [0.15, 0.2) is 0 Å². The van der Waals surface area contributed by atoms with Crippen LogP contribution < -0.4 is 10.6 Å². The lowest BCUT2D eigenvalue weighted by Gasteiger charge is -2.42. The standard InChI is InChI=1S/C42H66N6O5/c1-27(2)34(38(49)44-25-24-31-20-16-14-17-21-31)45(10)40(51)36(29(5)6)47(12)42(53)37(30(7)8)48(13)41(52)35(28(3)4)46(11)39(50)33(43-9)26-32-22-18-15-19-23-32/h14-23,27-30,33-37,43H,24-26H2,1-13H3,(H,44,49)/t33-,34-,35-,36-,37-/m0/s1. The third-order valence-electron chi connectivity index (χ3n) is 10.1. The van der Waals surface area contributed by atoms with Crippen molar-refractivity contribution in [3.8, 4) is 0 Å². The first-order valence-electron chi connectivity index (χ1n) is 19.0. The first kappa shape index (κ1) is 44.9. The van der Waals surface area contributed by atoms with Gasteiger partial charge in [0.1, 0.15) is 24.2 Å². The van der Waals surface area contributed by atoms with Crippen LogP contribution in [0.2, 0.25) is 0 Å². The smallest absolute Gasteiger partial charge is 0.246 e. The van der Waals surface area contributed by atoms with Crippen molar-refractivity contribution in [1.82, 2.24) is 30.2 Å². The van der Waals surface area contributed by atoms with Gasteiger partial charge in [0, 0.05) is 34.7 Å².